The maximum atomic E-state index is 13.0. The number of para-hydroxylation sites is 1. The SMILES string of the molecule is Cc1cccc2c1NC(C(=O)NC(CC1CC1)C1NCCCC1C)C2. The highest BCUT2D eigenvalue weighted by molar-refractivity contribution is 5.88. The molecular formula is C21H31N3O. The number of nitrogens with one attached hydrogen (secondary N) is 3. The molecule has 1 saturated heterocycles. The van der Waals surface area contributed by atoms with Gasteiger partial charge in [-0.15, -0.1) is 0 Å². The zero-order chi connectivity index (χ0) is 17.4. The Kier molecular flexibility index (Phi) is 4.72. The van der Waals surface area contributed by atoms with Crippen LogP contribution >= 0.6 is 0 Å². The Balaban J connectivity index is 1.43. The molecule has 0 bridgehead atoms. The van der Waals surface area contributed by atoms with E-state index in [4.69, 9.17) is 0 Å². The summed E-state index contributed by atoms with van der Waals surface area (Å²) in [7, 11) is 0. The molecule has 4 unspecified atom stereocenters. The molecule has 0 radical (unpaired) electrons. The van der Waals surface area contributed by atoms with Gasteiger partial charge in [0, 0.05) is 24.2 Å². The van der Waals surface area contributed by atoms with E-state index in [1.54, 1.807) is 0 Å². The van der Waals surface area contributed by atoms with Gasteiger partial charge >= 0.3 is 0 Å². The molecule has 4 heteroatoms. The van der Waals surface area contributed by atoms with E-state index in [0.29, 0.717) is 12.0 Å². The Hall–Kier alpha value is -1.55. The molecule has 3 aliphatic rings. The fraction of sp³-hybridized carbons (Fsp3) is 0.667. The van der Waals surface area contributed by atoms with Gasteiger partial charge in [0.2, 0.25) is 5.91 Å². The Labute approximate surface area is 151 Å². The van der Waals surface area contributed by atoms with Crippen LogP contribution in [0.1, 0.15) is 50.2 Å². The molecule has 136 valence electrons. The highest BCUT2D eigenvalue weighted by Crippen LogP contribution is 2.36. The molecule has 25 heavy (non-hydrogen) atoms. The summed E-state index contributed by atoms with van der Waals surface area (Å²) in [4.78, 5) is 13.0. The third-order valence-corrected chi connectivity index (χ3v) is 6.29. The van der Waals surface area contributed by atoms with Gasteiger partial charge in [-0.1, -0.05) is 38.0 Å². The van der Waals surface area contributed by atoms with Gasteiger partial charge in [0.15, 0.2) is 0 Å². The molecular weight excluding hydrogens is 310 g/mol. The minimum Gasteiger partial charge on any atom is -0.373 e. The van der Waals surface area contributed by atoms with Crippen LogP contribution in [0.2, 0.25) is 0 Å². The van der Waals surface area contributed by atoms with Gasteiger partial charge in [0.05, 0.1) is 0 Å². The van der Waals surface area contributed by atoms with Gasteiger partial charge in [-0.2, -0.15) is 0 Å². The number of hydrogen-bond acceptors (Lipinski definition) is 3. The van der Waals surface area contributed by atoms with Gasteiger partial charge in [-0.05, 0) is 55.7 Å². The first kappa shape index (κ1) is 16.9. The number of carbonyl (C=O) groups is 1. The Morgan fingerprint density at radius 3 is 2.88 bits per heavy atom. The zero-order valence-corrected chi connectivity index (χ0v) is 15.5. The number of benzene rings is 1. The standard InChI is InChI=1S/C21H31N3O/c1-13-5-3-7-16-12-18(23-19(13)16)21(25)24-17(11-15-8-9-15)20-14(2)6-4-10-22-20/h3,5,7,14-15,17-18,20,22-23H,4,6,8-12H2,1-2H3,(H,24,25). The Morgan fingerprint density at radius 2 is 2.16 bits per heavy atom. The first-order chi connectivity index (χ1) is 12.1. The van der Waals surface area contributed by atoms with E-state index in [-0.39, 0.29) is 18.0 Å². The molecule has 0 spiro atoms. The van der Waals surface area contributed by atoms with E-state index >= 15 is 0 Å². The van der Waals surface area contributed by atoms with Crippen molar-refractivity contribution in [2.45, 2.75) is 70.5 Å². The van der Waals surface area contributed by atoms with Crippen LogP contribution in [0.4, 0.5) is 5.69 Å². The van der Waals surface area contributed by atoms with Crippen molar-refractivity contribution in [3.05, 3.63) is 29.3 Å². The average molecular weight is 341 g/mol. The number of piperidine rings is 1. The summed E-state index contributed by atoms with van der Waals surface area (Å²) < 4.78 is 0. The lowest BCUT2D eigenvalue weighted by molar-refractivity contribution is -0.122. The van der Waals surface area contributed by atoms with Crippen molar-refractivity contribution in [3.63, 3.8) is 0 Å². The van der Waals surface area contributed by atoms with E-state index < -0.39 is 0 Å². The predicted molar refractivity (Wildman–Crippen MR) is 102 cm³/mol. The van der Waals surface area contributed by atoms with E-state index in [2.05, 4.69) is 48.0 Å². The van der Waals surface area contributed by atoms with E-state index in [1.807, 2.05) is 0 Å². The Bertz CT molecular complexity index is 640. The van der Waals surface area contributed by atoms with Crippen molar-refractivity contribution in [1.82, 2.24) is 10.6 Å². The van der Waals surface area contributed by atoms with Crippen LogP contribution < -0.4 is 16.0 Å². The minimum absolute atomic E-state index is 0.128. The van der Waals surface area contributed by atoms with Crippen LogP contribution in [-0.4, -0.2) is 30.6 Å². The zero-order valence-electron chi connectivity index (χ0n) is 15.5. The van der Waals surface area contributed by atoms with Crippen LogP contribution in [-0.2, 0) is 11.2 Å². The molecule has 1 aliphatic carbocycles. The second-order valence-electron chi connectivity index (χ2n) is 8.40. The van der Waals surface area contributed by atoms with Crippen LogP contribution in [0.25, 0.3) is 0 Å². The number of rotatable bonds is 5. The summed E-state index contributed by atoms with van der Waals surface area (Å²) in [5.74, 6) is 1.62. The van der Waals surface area contributed by atoms with E-state index in [9.17, 15) is 4.79 Å². The van der Waals surface area contributed by atoms with Crippen molar-refractivity contribution in [2.24, 2.45) is 11.8 Å². The van der Waals surface area contributed by atoms with E-state index in [0.717, 1.165) is 31.0 Å². The van der Waals surface area contributed by atoms with Gasteiger partial charge in [0.25, 0.3) is 0 Å². The largest absolute Gasteiger partial charge is 0.373 e. The summed E-state index contributed by atoms with van der Waals surface area (Å²) in [5.41, 5.74) is 3.65. The van der Waals surface area contributed by atoms with Crippen LogP contribution in [0.15, 0.2) is 18.2 Å². The fourth-order valence-corrected chi connectivity index (χ4v) is 4.61. The lowest BCUT2D eigenvalue weighted by Gasteiger charge is -2.37. The van der Waals surface area contributed by atoms with Gasteiger partial charge in [-0.25, -0.2) is 0 Å². The maximum Gasteiger partial charge on any atom is 0.243 e. The maximum absolute atomic E-state index is 13.0. The highest BCUT2D eigenvalue weighted by atomic mass is 16.2. The molecule has 1 aromatic carbocycles. The highest BCUT2D eigenvalue weighted by Gasteiger charge is 2.36. The van der Waals surface area contributed by atoms with Crippen molar-refractivity contribution in [3.8, 4) is 0 Å². The summed E-state index contributed by atoms with van der Waals surface area (Å²) >= 11 is 0. The molecule has 4 nitrogen and oxygen atoms in total. The quantitative estimate of drug-likeness (QED) is 0.772. The lowest BCUT2D eigenvalue weighted by Crippen LogP contribution is -2.57. The van der Waals surface area contributed by atoms with Crippen LogP contribution in [0.3, 0.4) is 0 Å². The van der Waals surface area contributed by atoms with E-state index in [1.165, 1.54) is 36.8 Å². The molecule has 2 fully saturated rings. The average Bonchev–Trinajstić information content (AvgIpc) is 3.30. The first-order valence-corrected chi connectivity index (χ1v) is 10.0. The minimum atomic E-state index is -0.128. The molecule has 1 aromatic rings. The number of fused-ring (bicyclic) bond motifs is 1. The van der Waals surface area contributed by atoms with Gasteiger partial charge < -0.3 is 16.0 Å². The van der Waals surface area contributed by atoms with Crippen molar-refractivity contribution >= 4 is 11.6 Å². The van der Waals surface area contributed by atoms with Crippen molar-refractivity contribution in [2.75, 3.05) is 11.9 Å². The smallest absolute Gasteiger partial charge is 0.243 e. The summed E-state index contributed by atoms with van der Waals surface area (Å²) in [6, 6.07) is 6.88. The fourth-order valence-electron chi connectivity index (χ4n) is 4.61. The number of hydrogen-bond donors (Lipinski definition) is 3. The second-order valence-corrected chi connectivity index (χ2v) is 8.40. The molecule has 4 rings (SSSR count). The summed E-state index contributed by atoms with van der Waals surface area (Å²) in [6.45, 7) is 5.52. The third-order valence-electron chi connectivity index (χ3n) is 6.29. The molecule has 0 aromatic heterocycles. The normalized spacial score (nSPS) is 29.6. The number of amides is 1. The monoisotopic (exact) mass is 341 g/mol. The summed E-state index contributed by atoms with van der Waals surface area (Å²) in [6.07, 6.45) is 7.11. The molecule has 3 N–H and O–H groups in total. The van der Waals surface area contributed by atoms with Crippen molar-refractivity contribution in [1.29, 1.82) is 0 Å². The van der Waals surface area contributed by atoms with Gasteiger partial charge in [-0.3, -0.25) is 4.79 Å². The molecule has 4 atom stereocenters. The lowest BCUT2D eigenvalue weighted by atomic mass is 9.85. The predicted octanol–water partition coefficient (Wildman–Crippen LogP) is 3.00. The second kappa shape index (κ2) is 6.99. The number of carbonyl (C=O) groups excluding carboxylic acids is 1. The molecule has 2 heterocycles. The number of anilines is 1. The third kappa shape index (κ3) is 3.69. The Morgan fingerprint density at radius 1 is 1.32 bits per heavy atom. The van der Waals surface area contributed by atoms with Crippen molar-refractivity contribution < 1.29 is 4.79 Å². The molecule has 1 amide bonds. The topological polar surface area (TPSA) is 53.2 Å². The van der Waals surface area contributed by atoms with Crippen LogP contribution in [0, 0.1) is 18.8 Å². The number of aryl methyl sites for hydroxylation is 1. The van der Waals surface area contributed by atoms with Crippen LogP contribution in [0.5, 0.6) is 0 Å². The first-order valence-electron chi connectivity index (χ1n) is 10.0. The molecule has 1 saturated carbocycles. The summed E-state index contributed by atoms with van der Waals surface area (Å²) in [5, 5.41) is 10.6. The molecule has 2 aliphatic heterocycles. The van der Waals surface area contributed by atoms with Gasteiger partial charge in [0.1, 0.15) is 6.04 Å².